The highest BCUT2D eigenvalue weighted by Crippen LogP contribution is 2.14. The molecule has 0 atom stereocenters. The predicted octanol–water partition coefficient (Wildman–Crippen LogP) is 3.45. The fourth-order valence-corrected chi connectivity index (χ4v) is 1.61. The molecule has 1 aromatic carbocycles. The van der Waals surface area contributed by atoms with Gasteiger partial charge in [-0.05, 0) is 43.2 Å². The standard InChI is InChI=1S/C14H15FN2/c1-10-5-6-12(8-13(10)15)9-17-14-4-3-7-16-11(14)2/h3-8,17H,9H2,1-2H3. The largest absolute Gasteiger partial charge is 0.380 e. The number of nitrogens with one attached hydrogen (secondary N) is 1. The molecule has 0 aliphatic rings. The molecule has 0 amide bonds. The molecule has 0 saturated carbocycles. The number of nitrogens with zero attached hydrogens (tertiary/aromatic N) is 1. The lowest BCUT2D eigenvalue weighted by molar-refractivity contribution is 0.616. The van der Waals surface area contributed by atoms with Gasteiger partial charge in [0.15, 0.2) is 0 Å². The molecule has 0 spiro atoms. The third-order valence-electron chi connectivity index (χ3n) is 2.73. The first-order valence-electron chi connectivity index (χ1n) is 5.57. The van der Waals surface area contributed by atoms with Crippen LogP contribution in [0.3, 0.4) is 0 Å². The van der Waals surface area contributed by atoms with Gasteiger partial charge in [0.05, 0.1) is 11.4 Å². The average molecular weight is 230 g/mol. The lowest BCUT2D eigenvalue weighted by Crippen LogP contribution is -2.02. The van der Waals surface area contributed by atoms with E-state index in [9.17, 15) is 4.39 Å². The van der Waals surface area contributed by atoms with Gasteiger partial charge >= 0.3 is 0 Å². The first-order valence-corrected chi connectivity index (χ1v) is 5.57. The minimum absolute atomic E-state index is 0.160. The van der Waals surface area contributed by atoms with E-state index in [2.05, 4.69) is 10.3 Å². The van der Waals surface area contributed by atoms with E-state index in [0.717, 1.165) is 16.9 Å². The molecule has 88 valence electrons. The van der Waals surface area contributed by atoms with E-state index in [-0.39, 0.29) is 5.82 Å². The Morgan fingerprint density at radius 2 is 2.06 bits per heavy atom. The summed E-state index contributed by atoms with van der Waals surface area (Å²) in [6.07, 6.45) is 1.76. The maximum atomic E-state index is 13.3. The van der Waals surface area contributed by atoms with Gasteiger partial charge < -0.3 is 5.32 Å². The fourth-order valence-electron chi connectivity index (χ4n) is 1.61. The van der Waals surface area contributed by atoms with Gasteiger partial charge in [-0.3, -0.25) is 4.98 Å². The quantitative estimate of drug-likeness (QED) is 0.873. The average Bonchev–Trinajstić information content (AvgIpc) is 2.32. The normalized spacial score (nSPS) is 10.3. The van der Waals surface area contributed by atoms with Crippen LogP contribution in [0.15, 0.2) is 36.5 Å². The van der Waals surface area contributed by atoms with E-state index in [1.807, 2.05) is 25.1 Å². The molecular formula is C14H15FN2. The second kappa shape index (κ2) is 4.95. The molecule has 0 radical (unpaired) electrons. The second-order valence-corrected chi connectivity index (χ2v) is 4.07. The van der Waals surface area contributed by atoms with E-state index in [4.69, 9.17) is 0 Å². The molecule has 0 aliphatic carbocycles. The van der Waals surface area contributed by atoms with Gasteiger partial charge in [0.2, 0.25) is 0 Å². The Balaban J connectivity index is 2.08. The molecule has 1 heterocycles. The number of rotatable bonds is 3. The summed E-state index contributed by atoms with van der Waals surface area (Å²) in [5, 5.41) is 3.25. The first-order chi connectivity index (χ1) is 8.16. The van der Waals surface area contributed by atoms with E-state index in [1.165, 1.54) is 0 Å². The summed E-state index contributed by atoms with van der Waals surface area (Å²) in [5.74, 6) is -0.160. The van der Waals surface area contributed by atoms with Crippen LogP contribution in [0.4, 0.5) is 10.1 Å². The van der Waals surface area contributed by atoms with Crippen molar-refractivity contribution in [1.29, 1.82) is 0 Å². The van der Waals surface area contributed by atoms with Crippen molar-refractivity contribution in [1.82, 2.24) is 4.98 Å². The Hall–Kier alpha value is -1.90. The van der Waals surface area contributed by atoms with E-state index in [0.29, 0.717) is 12.1 Å². The third kappa shape index (κ3) is 2.81. The zero-order valence-electron chi connectivity index (χ0n) is 10.00. The molecular weight excluding hydrogens is 215 g/mol. The molecule has 3 heteroatoms. The minimum Gasteiger partial charge on any atom is -0.380 e. The zero-order valence-corrected chi connectivity index (χ0v) is 10.00. The zero-order chi connectivity index (χ0) is 12.3. The summed E-state index contributed by atoms with van der Waals surface area (Å²) in [7, 11) is 0. The molecule has 1 N–H and O–H groups in total. The number of benzene rings is 1. The molecule has 0 fully saturated rings. The smallest absolute Gasteiger partial charge is 0.126 e. The van der Waals surface area contributed by atoms with Crippen LogP contribution in [0.25, 0.3) is 0 Å². The summed E-state index contributed by atoms with van der Waals surface area (Å²) in [6, 6.07) is 9.13. The van der Waals surface area contributed by atoms with Crippen LogP contribution >= 0.6 is 0 Å². The Morgan fingerprint density at radius 1 is 1.24 bits per heavy atom. The number of hydrogen-bond donors (Lipinski definition) is 1. The molecule has 0 unspecified atom stereocenters. The van der Waals surface area contributed by atoms with Gasteiger partial charge in [0.25, 0.3) is 0 Å². The lowest BCUT2D eigenvalue weighted by atomic mass is 10.1. The van der Waals surface area contributed by atoms with Crippen molar-refractivity contribution in [2.24, 2.45) is 0 Å². The van der Waals surface area contributed by atoms with Crippen molar-refractivity contribution < 1.29 is 4.39 Å². The Labute approximate surface area is 101 Å². The summed E-state index contributed by atoms with van der Waals surface area (Å²) < 4.78 is 13.3. The van der Waals surface area contributed by atoms with Gasteiger partial charge in [-0.15, -0.1) is 0 Å². The molecule has 2 nitrogen and oxygen atoms in total. The van der Waals surface area contributed by atoms with Crippen LogP contribution in [0.5, 0.6) is 0 Å². The highest BCUT2D eigenvalue weighted by atomic mass is 19.1. The van der Waals surface area contributed by atoms with Crippen LogP contribution in [0, 0.1) is 19.7 Å². The van der Waals surface area contributed by atoms with Crippen molar-refractivity contribution in [2.75, 3.05) is 5.32 Å². The van der Waals surface area contributed by atoms with Gasteiger partial charge in [-0.1, -0.05) is 12.1 Å². The number of aryl methyl sites for hydroxylation is 2. The number of anilines is 1. The summed E-state index contributed by atoms with van der Waals surface area (Å²) in [4.78, 5) is 4.19. The van der Waals surface area contributed by atoms with Crippen molar-refractivity contribution in [3.8, 4) is 0 Å². The molecule has 1 aromatic heterocycles. The van der Waals surface area contributed by atoms with E-state index < -0.39 is 0 Å². The van der Waals surface area contributed by atoms with Crippen molar-refractivity contribution in [3.63, 3.8) is 0 Å². The molecule has 17 heavy (non-hydrogen) atoms. The van der Waals surface area contributed by atoms with Gasteiger partial charge in [-0.2, -0.15) is 0 Å². The monoisotopic (exact) mass is 230 g/mol. The summed E-state index contributed by atoms with van der Waals surface area (Å²) in [6.45, 7) is 4.31. The Kier molecular flexibility index (Phi) is 3.38. The maximum Gasteiger partial charge on any atom is 0.126 e. The number of aromatic nitrogens is 1. The lowest BCUT2D eigenvalue weighted by Gasteiger charge is -2.09. The Morgan fingerprint density at radius 3 is 2.76 bits per heavy atom. The molecule has 0 saturated heterocycles. The predicted molar refractivity (Wildman–Crippen MR) is 67.4 cm³/mol. The van der Waals surface area contributed by atoms with Crippen LogP contribution < -0.4 is 5.32 Å². The van der Waals surface area contributed by atoms with E-state index in [1.54, 1.807) is 25.3 Å². The topological polar surface area (TPSA) is 24.9 Å². The number of halogens is 1. The summed E-state index contributed by atoms with van der Waals surface area (Å²) >= 11 is 0. The number of pyridine rings is 1. The molecule has 0 bridgehead atoms. The maximum absolute atomic E-state index is 13.3. The third-order valence-corrected chi connectivity index (χ3v) is 2.73. The Bertz CT molecular complexity index is 523. The van der Waals surface area contributed by atoms with Gasteiger partial charge in [0, 0.05) is 12.7 Å². The van der Waals surface area contributed by atoms with Crippen molar-refractivity contribution >= 4 is 5.69 Å². The van der Waals surface area contributed by atoms with Crippen LogP contribution in [-0.2, 0) is 6.54 Å². The van der Waals surface area contributed by atoms with E-state index >= 15 is 0 Å². The van der Waals surface area contributed by atoms with Crippen LogP contribution in [-0.4, -0.2) is 4.98 Å². The fraction of sp³-hybridized carbons (Fsp3) is 0.214. The number of hydrogen-bond acceptors (Lipinski definition) is 2. The van der Waals surface area contributed by atoms with Crippen LogP contribution in [0.1, 0.15) is 16.8 Å². The van der Waals surface area contributed by atoms with Crippen molar-refractivity contribution in [3.05, 3.63) is 59.2 Å². The highest BCUT2D eigenvalue weighted by molar-refractivity contribution is 5.47. The first kappa shape index (κ1) is 11.6. The van der Waals surface area contributed by atoms with Crippen molar-refractivity contribution in [2.45, 2.75) is 20.4 Å². The SMILES string of the molecule is Cc1ccc(CNc2cccnc2C)cc1F. The molecule has 2 rings (SSSR count). The van der Waals surface area contributed by atoms with Crippen LogP contribution in [0.2, 0.25) is 0 Å². The highest BCUT2D eigenvalue weighted by Gasteiger charge is 2.01. The van der Waals surface area contributed by atoms with Gasteiger partial charge in [0.1, 0.15) is 5.82 Å². The van der Waals surface area contributed by atoms with Gasteiger partial charge in [-0.25, -0.2) is 4.39 Å². The molecule has 2 aromatic rings. The second-order valence-electron chi connectivity index (χ2n) is 4.07. The molecule has 0 aliphatic heterocycles. The minimum atomic E-state index is -0.160. The summed E-state index contributed by atoms with van der Waals surface area (Å²) in [5.41, 5.74) is 3.52.